The molecule has 180 valence electrons. The van der Waals surface area contributed by atoms with Crippen LogP contribution in [0.3, 0.4) is 0 Å². The number of aryl methyl sites for hydroxylation is 1. The van der Waals surface area contributed by atoms with E-state index in [2.05, 4.69) is 26.1 Å². The molecule has 1 aromatic carbocycles. The molecule has 2 aliphatic heterocycles. The highest BCUT2D eigenvalue weighted by Gasteiger charge is 2.41. The molecule has 1 unspecified atom stereocenters. The van der Waals surface area contributed by atoms with Crippen LogP contribution < -0.4 is 4.90 Å². The molecule has 6 nitrogen and oxygen atoms in total. The Morgan fingerprint density at radius 2 is 1.88 bits per heavy atom. The van der Waals surface area contributed by atoms with Gasteiger partial charge in [0.25, 0.3) is 0 Å². The lowest BCUT2D eigenvalue weighted by Gasteiger charge is -2.41. The van der Waals surface area contributed by atoms with E-state index < -0.39 is 12.1 Å². The van der Waals surface area contributed by atoms with Gasteiger partial charge < -0.3 is 10.0 Å². The number of piperidine rings is 1. The summed E-state index contributed by atoms with van der Waals surface area (Å²) in [6.45, 7) is 6.91. The summed E-state index contributed by atoms with van der Waals surface area (Å²) in [6.07, 6.45) is -1.48. The number of rotatable bonds is 3. The van der Waals surface area contributed by atoms with Gasteiger partial charge in [0.2, 0.25) is 0 Å². The highest BCUT2D eigenvalue weighted by atomic mass is 35.5. The maximum Gasteiger partial charge on any atom is 0.490 e. The van der Waals surface area contributed by atoms with Crippen LogP contribution in [0.25, 0.3) is 0 Å². The van der Waals surface area contributed by atoms with Gasteiger partial charge in [-0.15, -0.1) is 5.10 Å². The summed E-state index contributed by atoms with van der Waals surface area (Å²) in [4.78, 5) is 13.7. The maximum absolute atomic E-state index is 13.7. The van der Waals surface area contributed by atoms with Crippen LogP contribution in [-0.4, -0.2) is 58.5 Å². The van der Waals surface area contributed by atoms with Crippen molar-refractivity contribution < 1.29 is 27.5 Å². The van der Waals surface area contributed by atoms with Gasteiger partial charge in [0.1, 0.15) is 5.82 Å². The number of aromatic nitrogens is 2. The van der Waals surface area contributed by atoms with Crippen molar-refractivity contribution in [3.05, 3.63) is 52.4 Å². The average Bonchev–Trinajstić information content (AvgIpc) is 3.12. The van der Waals surface area contributed by atoms with Crippen LogP contribution in [0.2, 0.25) is 5.02 Å². The van der Waals surface area contributed by atoms with Crippen molar-refractivity contribution in [2.75, 3.05) is 31.1 Å². The van der Waals surface area contributed by atoms with Crippen LogP contribution in [-0.2, 0) is 11.3 Å². The van der Waals surface area contributed by atoms with Gasteiger partial charge in [-0.05, 0) is 62.6 Å². The number of aliphatic carboxylic acids is 1. The van der Waals surface area contributed by atoms with Gasteiger partial charge in [-0.25, -0.2) is 9.18 Å². The van der Waals surface area contributed by atoms with Crippen LogP contribution in [0.5, 0.6) is 0 Å². The van der Waals surface area contributed by atoms with Crippen LogP contribution >= 0.6 is 11.6 Å². The molecular weight excluding hydrogens is 464 g/mol. The zero-order chi connectivity index (χ0) is 24.2. The Kier molecular flexibility index (Phi) is 7.79. The lowest BCUT2D eigenvalue weighted by Crippen LogP contribution is -2.45. The maximum atomic E-state index is 13.7. The van der Waals surface area contributed by atoms with E-state index >= 15 is 0 Å². The summed E-state index contributed by atoms with van der Waals surface area (Å²) in [5.41, 5.74) is 2.24. The second-order valence-electron chi connectivity index (χ2n) is 8.57. The van der Waals surface area contributed by atoms with E-state index in [9.17, 15) is 17.6 Å². The molecule has 0 saturated carbocycles. The number of likely N-dealkylation sites (tertiary alicyclic amines) is 1. The zero-order valence-corrected chi connectivity index (χ0v) is 18.8. The Morgan fingerprint density at radius 1 is 1.15 bits per heavy atom. The van der Waals surface area contributed by atoms with Gasteiger partial charge in [0.15, 0.2) is 5.82 Å². The Balaban J connectivity index is 0.000000383. The smallest absolute Gasteiger partial charge is 0.475 e. The summed E-state index contributed by atoms with van der Waals surface area (Å²) < 4.78 is 45.4. The molecule has 33 heavy (non-hydrogen) atoms. The second kappa shape index (κ2) is 10.2. The molecule has 2 saturated heterocycles. The molecule has 1 atom stereocenters. The number of anilines is 1. The number of benzene rings is 1. The first-order chi connectivity index (χ1) is 15.5. The third kappa shape index (κ3) is 6.77. The highest BCUT2D eigenvalue weighted by Crippen LogP contribution is 2.40. The molecule has 1 spiro atoms. The molecule has 0 amide bonds. The lowest BCUT2D eigenvalue weighted by molar-refractivity contribution is -0.192. The topological polar surface area (TPSA) is 69.6 Å². The fourth-order valence-electron chi connectivity index (χ4n) is 4.36. The quantitative estimate of drug-likeness (QED) is 0.631. The molecule has 2 aliphatic rings. The summed E-state index contributed by atoms with van der Waals surface area (Å²) in [5, 5.41) is 15.9. The Morgan fingerprint density at radius 3 is 2.48 bits per heavy atom. The van der Waals surface area contributed by atoms with Crippen molar-refractivity contribution in [1.82, 2.24) is 15.1 Å². The number of nitrogens with zero attached hydrogens (tertiary/aromatic N) is 4. The van der Waals surface area contributed by atoms with Gasteiger partial charge in [-0.2, -0.15) is 18.3 Å². The van der Waals surface area contributed by atoms with Crippen LogP contribution in [0.1, 0.15) is 30.5 Å². The van der Waals surface area contributed by atoms with Gasteiger partial charge in [-0.1, -0.05) is 17.7 Å². The molecule has 0 aliphatic carbocycles. The molecule has 11 heteroatoms. The van der Waals surface area contributed by atoms with E-state index in [0.29, 0.717) is 5.41 Å². The fraction of sp³-hybridized carbons (Fsp3) is 0.500. The predicted molar refractivity (Wildman–Crippen MR) is 116 cm³/mol. The van der Waals surface area contributed by atoms with Crippen molar-refractivity contribution in [3.8, 4) is 0 Å². The van der Waals surface area contributed by atoms with E-state index in [-0.39, 0.29) is 10.8 Å². The molecule has 0 bridgehead atoms. The lowest BCUT2D eigenvalue weighted by atomic mass is 9.79. The van der Waals surface area contributed by atoms with Gasteiger partial charge >= 0.3 is 12.1 Å². The molecule has 1 aromatic heterocycles. The van der Waals surface area contributed by atoms with E-state index in [1.54, 1.807) is 12.1 Å². The molecule has 0 radical (unpaired) electrons. The molecular formula is C22H25ClF4N4O2. The summed E-state index contributed by atoms with van der Waals surface area (Å²) >= 11 is 5.79. The zero-order valence-electron chi connectivity index (χ0n) is 18.1. The third-order valence-corrected chi connectivity index (χ3v) is 6.23. The minimum atomic E-state index is -5.08. The Hall–Kier alpha value is -2.46. The van der Waals surface area contributed by atoms with E-state index in [1.165, 1.54) is 19.3 Å². The molecule has 1 N–H and O–H groups in total. The number of halogens is 5. The Bertz CT molecular complexity index is 974. The standard InChI is InChI=1S/C20H24ClFN4.C2HF3O2/c1-15-3-6-19(24-23-15)26-9-2-7-20(14-26)8-10-25(13-20)12-16-4-5-17(21)18(22)11-16;3-2(4,5)1(6)7/h3-6,11H,2,7-10,12-14H2,1H3;(H,6,7). The van der Waals surface area contributed by atoms with E-state index in [4.69, 9.17) is 21.5 Å². The minimum absolute atomic E-state index is 0.189. The van der Waals surface area contributed by atoms with Crippen molar-refractivity contribution >= 4 is 23.4 Å². The number of carbonyl (C=O) groups is 1. The molecule has 3 heterocycles. The second-order valence-corrected chi connectivity index (χ2v) is 8.98. The molecule has 2 aromatic rings. The first kappa shape index (κ1) is 25.2. The number of carboxylic acid groups (broad SMARTS) is 1. The number of hydrogen-bond acceptors (Lipinski definition) is 5. The van der Waals surface area contributed by atoms with Crippen LogP contribution in [0.15, 0.2) is 30.3 Å². The normalized spacial score (nSPS) is 21.1. The average molecular weight is 489 g/mol. The number of alkyl halides is 3. The van der Waals surface area contributed by atoms with E-state index in [0.717, 1.165) is 49.8 Å². The van der Waals surface area contributed by atoms with Crippen molar-refractivity contribution in [2.45, 2.75) is 38.9 Å². The minimum Gasteiger partial charge on any atom is -0.475 e. The van der Waals surface area contributed by atoms with Crippen LogP contribution in [0, 0.1) is 18.2 Å². The van der Waals surface area contributed by atoms with Gasteiger partial charge in [0, 0.05) is 31.6 Å². The van der Waals surface area contributed by atoms with Crippen molar-refractivity contribution in [2.24, 2.45) is 5.41 Å². The SMILES string of the molecule is Cc1ccc(N2CCCC3(CCN(Cc4ccc(Cl)c(F)c4)C3)C2)nn1.O=C(O)C(F)(F)F. The van der Waals surface area contributed by atoms with Crippen molar-refractivity contribution in [1.29, 1.82) is 0 Å². The predicted octanol–water partition coefficient (Wildman–Crippen LogP) is 4.70. The fourth-order valence-corrected chi connectivity index (χ4v) is 4.47. The van der Waals surface area contributed by atoms with Crippen LogP contribution in [0.4, 0.5) is 23.4 Å². The first-order valence-corrected chi connectivity index (χ1v) is 10.9. The largest absolute Gasteiger partial charge is 0.490 e. The Labute approximate surface area is 194 Å². The molecule has 2 fully saturated rings. The van der Waals surface area contributed by atoms with Gasteiger partial charge in [0.05, 0.1) is 10.7 Å². The summed E-state index contributed by atoms with van der Waals surface area (Å²) in [5.74, 6) is -2.11. The van der Waals surface area contributed by atoms with Gasteiger partial charge in [-0.3, -0.25) is 4.90 Å². The molecule has 4 rings (SSSR count). The monoisotopic (exact) mass is 488 g/mol. The summed E-state index contributed by atoms with van der Waals surface area (Å²) in [6, 6.07) is 9.23. The number of carboxylic acids is 1. The third-order valence-electron chi connectivity index (χ3n) is 5.92. The summed E-state index contributed by atoms with van der Waals surface area (Å²) in [7, 11) is 0. The van der Waals surface area contributed by atoms with Crippen molar-refractivity contribution in [3.63, 3.8) is 0 Å². The number of hydrogen-bond donors (Lipinski definition) is 1. The highest BCUT2D eigenvalue weighted by molar-refractivity contribution is 6.30. The van der Waals surface area contributed by atoms with E-state index in [1.807, 2.05) is 19.1 Å². The first-order valence-electron chi connectivity index (χ1n) is 10.5.